The summed E-state index contributed by atoms with van der Waals surface area (Å²) in [5.74, 6) is -1.44. The van der Waals surface area contributed by atoms with E-state index in [1.54, 1.807) is 43.3 Å². The molecule has 8 nitrogen and oxygen atoms in total. The Balaban J connectivity index is 1.78. The zero-order valence-corrected chi connectivity index (χ0v) is 20.7. The van der Waals surface area contributed by atoms with Crippen molar-refractivity contribution in [3.05, 3.63) is 64.7 Å². The normalized spacial score (nSPS) is 15.0. The van der Waals surface area contributed by atoms with Gasteiger partial charge in [0.2, 0.25) is 11.8 Å². The number of nitrogens with one attached hydrogen (secondary N) is 1. The topological polar surface area (TPSA) is 104 Å². The Morgan fingerprint density at radius 2 is 1.79 bits per heavy atom. The molecule has 0 spiro atoms. The van der Waals surface area contributed by atoms with Crippen LogP contribution in [0.4, 0.5) is 0 Å². The summed E-state index contributed by atoms with van der Waals surface area (Å²) in [5.41, 5.74) is 0.745. The van der Waals surface area contributed by atoms with E-state index < -0.39 is 27.9 Å². The molecular weight excluding hydrogens is 478 g/mol. The second-order valence-electron chi connectivity index (χ2n) is 8.06. The van der Waals surface area contributed by atoms with Gasteiger partial charge in [-0.05, 0) is 37.1 Å². The van der Waals surface area contributed by atoms with E-state index >= 15 is 0 Å². The van der Waals surface area contributed by atoms with Crippen LogP contribution in [0, 0.1) is 0 Å². The Kier molecular flexibility index (Phi) is 8.33. The van der Waals surface area contributed by atoms with Gasteiger partial charge in [-0.1, -0.05) is 55.3 Å². The van der Waals surface area contributed by atoms with Gasteiger partial charge in [0.15, 0.2) is 0 Å². The number of amides is 3. The number of benzene rings is 2. The van der Waals surface area contributed by atoms with Crippen molar-refractivity contribution in [2.45, 2.75) is 50.6 Å². The van der Waals surface area contributed by atoms with Crippen molar-refractivity contribution >= 4 is 39.3 Å². The van der Waals surface area contributed by atoms with E-state index in [0.717, 1.165) is 17.1 Å². The Labute approximate surface area is 204 Å². The zero-order chi connectivity index (χ0) is 24.9. The minimum Gasteiger partial charge on any atom is -0.354 e. The molecule has 0 aromatic heterocycles. The molecule has 1 atom stereocenters. The first-order valence-electron chi connectivity index (χ1n) is 11.1. The van der Waals surface area contributed by atoms with Crippen LogP contribution in [-0.4, -0.2) is 54.5 Å². The highest BCUT2D eigenvalue weighted by Gasteiger charge is 2.41. The fourth-order valence-corrected chi connectivity index (χ4v) is 5.49. The van der Waals surface area contributed by atoms with Crippen LogP contribution in [0.25, 0.3) is 0 Å². The van der Waals surface area contributed by atoms with Gasteiger partial charge in [0.05, 0.1) is 5.56 Å². The lowest BCUT2D eigenvalue weighted by molar-refractivity contribution is -0.140. The molecule has 10 heteroatoms. The van der Waals surface area contributed by atoms with Gasteiger partial charge in [-0.3, -0.25) is 14.4 Å². The molecule has 0 unspecified atom stereocenters. The minimum absolute atomic E-state index is 0.0657. The number of fused-ring (bicyclic) bond motifs is 1. The first-order valence-corrected chi connectivity index (χ1v) is 13.0. The van der Waals surface area contributed by atoms with E-state index in [-0.39, 0.29) is 35.9 Å². The number of carbonyl (C=O) groups is 3. The van der Waals surface area contributed by atoms with Crippen molar-refractivity contribution in [3.8, 4) is 0 Å². The maximum absolute atomic E-state index is 13.3. The Hall–Kier alpha value is -2.91. The third kappa shape index (κ3) is 5.42. The standard InChI is InChI=1S/C24H28ClN3O5S/c1-3-4-14-26-23(30)17(2)27(16-18-9-5-7-11-20(18)25)22(29)13-15-28-24(31)19-10-6-8-12-21(19)34(28,32)33/h5-12,17H,3-4,13-16H2,1-2H3,(H,26,30)/t17-/m1/s1. The number of hydrogen-bond acceptors (Lipinski definition) is 5. The molecule has 0 aliphatic carbocycles. The van der Waals surface area contributed by atoms with Gasteiger partial charge in [0, 0.05) is 31.1 Å². The second-order valence-corrected chi connectivity index (χ2v) is 10.3. The molecule has 34 heavy (non-hydrogen) atoms. The molecule has 0 fully saturated rings. The highest BCUT2D eigenvalue weighted by Crippen LogP contribution is 2.30. The number of hydrogen-bond donors (Lipinski definition) is 1. The average Bonchev–Trinajstić information content (AvgIpc) is 3.01. The Bertz CT molecular complexity index is 1180. The highest BCUT2D eigenvalue weighted by atomic mass is 35.5. The monoisotopic (exact) mass is 505 g/mol. The van der Waals surface area contributed by atoms with Crippen LogP contribution in [0.15, 0.2) is 53.4 Å². The van der Waals surface area contributed by atoms with Gasteiger partial charge < -0.3 is 10.2 Å². The molecule has 1 N–H and O–H groups in total. The molecule has 2 aromatic carbocycles. The summed E-state index contributed by atoms with van der Waals surface area (Å²) >= 11 is 6.28. The molecule has 0 radical (unpaired) electrons. The first kappa shape index (κ1) is 25.7. The summed E-state index contributed by atoms with van der Waals surface area (Å²) in [4.78, 5) is 39.9. The molecule has 0 saturated carbocycles. The third-order valence-corrected chi connectivity index (χ3v) is 7.95. The zero-order valence-electron chi connectivity index (χ0n) is 19.2. The number of rotatable bonds is 10. The van der Waals surface area contributed by atoms with Gasteiger partial charge in [-0.15, -0.1) is 0 Å². The predicted molar refractivity (Wildman–Crippen MR) is 129 cm³/mol. The van der Waals surface area contributed by atoms with Crippen LogP contribution < -0.4 is 5.32 Å². The molecule has 1 aliphatic rings. The summed E-state index contributed by atoms with van der Waals surface area (Å²) in [6.07, 6.45) is 1.46. The lowest BCUT2D eigenvalue weighted by atomic mass is 10.1. The summed E-state index contributed by atoms with van der Waals surface area (Å²) in [5, 5.41) is 3.27. The van der Waals surface area contributed by atoms with E-state index in [1.807, 2.05) is 6.92 Å². The molecule has 0 saturated heterocycles. The van der Waals surface area contributed by atoms with Crippen LogP contribution >= 0.6 is 11.6 Å². The van der Waals surface area contributed by atoms with Crippen LogP contribution in [-0.2, 0) is 26.2 Å². The van der Waals surface area contributed by atoms with Crippen molar-refractivity contribution in [1.29, 1.82) is 0 Å². The Morgan fingerprint density at radius 3 is 2.47 bits per heavy atom. The largest absolute Gasteiger partial charge is 0.354 e. The van der Waals surface area contributed by atoms with Crippen molar-refractivity contribution in [3.63, 3.8) is 0 Å². The van der Waals surface area contributed by atoms with Crippen molar-refractivity contribution in [2.75, 3.05) is 13.1 Å². The van der Waals surface area contributed by atoms with E-state index in [9.17, 15) is 22.8 Å². The molecule has 1 heterocycles. The number of sulfonamides is 1. The summed E-state index contributed by atoms with van der Waals surface area (Å²) in [7, 11) is -4.02. The van der Waals surface area contributed by atoms with E-state index in [2.05, 4.69) is 5.32 Å². The van der Waals surface area contributed by atoms with Crippen molar-refractivity contribution in [1.82, 2.24) is 14.5 Å². The fourth-order valence-electron chi connectivity index (χ4n) is 3.72. The maximum Gasteiger partial charge on any atom is 0.269 e. The maximum atomic E-state index is 13.3. The number of halogens is 1. The quantitative estimate of drug-likeness (QED) is 0.499. The van der Waals surface area contributed by atoms with E-state index in [1.165, 1.54) is 17.0 Å². The summed E-state index contributed by atoms with van der Waals surface area (Å²) < 4.78 is 26.3. The number of nitrogens with zero attached hydrogens (tertiary/aromatic N) is 2. The first-order chi connectivity index (χ1) is 16.2. The SMILES string of the molecule is CCCCNC(=O)[C@@H](C)N(Cc1ccccc1Cl)C(=O)CCN1C(=O)c2ccccc2S1(=O)=O. The van der Waals surface area contributed by atoms with E-state index in [0.29, 0.717) is 17.1 Å². The lowest BCUT2D eigenvalue weighted by Gasteiger charge is -2.29. The number of unbranched alkanes of at least 4 members (excludes halogenated alkanes) is 1. The van der Waals surface area contributed by atoms with Crippen LogP contribution in [0.2, 0.25) is 5.02 Å². The highest BCUT2D eigenvalue weighted by molar-refractivity contribution is 7.90. The van der Waals surface area contributed by atoms with Crippen LogP contribution in [0.1, 0.15) is 49.0 Å². The Morgan fingerprint density at radius 1 is 1.12 bits per heavy atom. The van der Waals surface area contributed by atoms with Gasteiger partial charge in [0.25, 0.3) is 15.9 Å². The van der Waals surface area contributed by atoms with Gasteiger partial charge in [-0.25, -0.2) is 12.7 Å². The lowest BCUT2D eigenvalue weighted by Crippen LogP contribution is -2.48. The average molecular weight is 506 g/mol. The fraction of sp³-hybridized carbons (Fsp3) is 0.375. The summed E-state index contributed by atoms with van der Waals surface area (Å²) in [6.45, 7) is 3.87. The molecule has 3 amide bonds. The molecular formula is C24H28ClN3O5S. The van der Waals surface area contributed by atoms with Gasteiger partial charge >= 0.3 is 0 Å². The molecule has 1 aliphatic heterocycles. The van der Waals surface area contributed by atoms with Crippen molar-refractivity contribution in [2.24, 2.45) is 0 Å². The second kappa shape index (κ2) is 11.0. The van der Waals surface area contributed by atoms with Crippen LogP contribution in [0.3, 0.4) is 0 Å². The third-order valence-electron chi connectivity index (χ3n) is 5.74. The smallest absolute Gasteiger partial charge is 0.269 e. The molecule has 2 aromatic rings. The van der Waals surface area contributed by atoms with E-state index in [4.69, 9.17) is 11.6 Å². The minimum atomic E-state index is -4.02. The molecule has 3 rings (SSSR count). The summed E-state index contributed by atoms with van der Waals surface area (Å²) in [6, 6.07) is 12.1. The number of carbonyl (C=O) groups excluding carboxylic acids is 3. The van der Waals surface area contributed by atoms with Gasteiger partial charge in [-0.2, -0.15) is 0 Å². The molecule has 0 bridgehead atoms. The molecule has 182 valence electrons. The predicted octanol–water partition coefficient (Wildman–Crippen LogP) is 3.21. The van der Waals surface area contributed by atoms with Gasteiger partial charge in [0.1, 0.15) is 10.9 Å². The van der Waals surface area contributed by atoms with Crippen molar-refractivity contribution < 1.29 is 22.8 Å². The van der Waals surface area contributed by atoms with Crippen LogP contribution in [0.5, 0.6) is 0 Å².